The summed E-state index contributed by atoms with van der Waals surface area (Å²) in [6.07, 6.45) is 1.07. The Morgan fingerprint density at radius 1 is 0.960 bits per heavy atom. The fraction of sp³-hybridized carbons (Fsp3) is 0.300. The van der Waals surface area contributed by atoms with Crippen molar-refractivity contribution in [2.45, 2.75) is 31.9 Å². The van der Waals surface area contributed by atoms with Crippen LogP contribution in [0.1, 0.15) is 24.0 Å². The lowest BCUT2D eigenvalue weighted by atomic mass is 10.1. The van der Waals surface area contributed by atoms with Crippen molar-refractivity contribution in [2.75, 3.05) is 6.61 Å². The van der Waals surface area contributed by atoms with Gasteiger partial charge in [-0.25, -0.2) is 4.79 Å². The fourth-order valence-corrected chi connectivity index (χ4v) is 2.42. The van der Waals surface area contributed by atoms with E-state index in [0.717, 1.165) is 11.1 Å². The van der Waals surface area contributed by atoms with Crippen molar-refractivity contribution in [3.63, 3.8) is 0 Å². The van der Waals surface area contributed by atoms with Gasteiger partial charge in [-0.15, -0.1) is 0 Å². The Labute approximate surface area is 147 Å². The molecule has 132 valence electrons. The first-order valence-corrected chi connectivity index (χ1v) is 8.33. The van der Waals surface area contributed by atoms with Crippen LogP contribution in [0.3, 0.4) is 0 Å². The van der Waals surface area contributed by atoms with Crippen molar-refractivity contribution in [3.05, 3.63) is 71.8 Å². The number of nitrogens with one attached hydrogen (secondary N) is 1. The molecule has 5 nitrogen and oxygen atoms in total. The Morgan fingerprint density at radius 3 is 2.16 bits per heavy atom. The second-order valence-electron chi connectivity index (χ2n) is 5.79. The highest BCUT2D eigenvalue weighted by molar-refractivity contribution is 5.83. The summed E-state index contributed by atoms with van der Waals surface area (Å²) < 4.78 is 5.52. The molecular weight excluding hydrogens is 318 g/mol. The van der Waals surface area contributed by atoms with Gasteiger partial charge in [0.2, 0.25) is 5.91 Å². The summed E-state index contributed by atoms with van der Waals surface area (Å²) in [7, 11) is 0. The molecule has 0 aromatic heterocycles. The van der Waals surface area contributed by atoms with Crippen LogP contribution >= 0.6 is 0 Å². The summed E-state index contributed by atoms with van der Waals surface area (Å²) >= 11 is 0. The lowest BCUT2D eigenvalue weighted by molar-refractivity contribution is -0.141. The van der Waals surface area contributed by atoms with Gasteiger partial charge in [-0.05, 0) is 17.5 Å². The monoisotopic (exact) mass is 341 g/mol. The summed E-state index contributed by atoms with van der Waals surface area (Å²) in [5, 5.41) is 11.9. The zero-order valence-electron chi connectivity index (χ0n) is 14.1. The summed E-state index contributed by atoms with van der Waals surface area (Å²) in [5.74, 6) is -1.30. The standard InChI is InChI=1S/C20H23NO4/c22-19(12-7-13-25-15-17-10-5-2-6-11-17)21-18(20(23)24)14-16-8-3-1-4-9-16/h1-6,8-11,18H,7,12-15H2,(H,21,22)(H,23,24)/t18-/m0/s1. The molecule has 0 heterocycles. The van der Waals surface area contributed by atoms with Gasteiger partial charge in [0.1, 0.15) is 6.04 Å². The average molecular weight is 341 g/mol. The molecule has 0 saturated carbocycles. The van der Waals surface area contributed by atoms with E-state index in [2.05, 4.69) is 5.32 Å². The van der Waals surface area contributed by atoms with Crippen molar-refractivity contribution in [1.82, 2.24) is 5.32 Å². The van der Waals surface area contributed by atoms with Gasteiger partial charge in [-0.3, -0.25) is 4.79 Å². The van der Waals surface area contributed by atoms with E-state index in [-0.39, 0.29) is 18.7 Å². The molecule has 5 heteroatoms. The molecule has 2 rings (SSSR count). The van der Waals surface area contributed by atoms with Crippen molar-refractivity contribution in [1.29, 1.82) is 0 Å². The maximum absolute atomic E-state index is 12.0. The van der Waals surface area contributed by atoms with Crippen LogP contribution in [0.25, 0.3) is 0 Å². The molecule has 0 aliphatic rings. The highest BCUT2D eigenvalue weighted by Crippen LogP contribution is 2.05. The molecule has 25 heavy (non-hydrogen) atoms. The van der Waals surface area contributed by atoms with E-state index in [0.29, 0.717) is 19.6 Å². The van der Waals surface area contributed by atoms with E-state index in [1.165, 1.54) is 0 Å². The number of carbonyl (C=O) groups excluding carboxylic acids is 1. The number of benzene rings is 2. The Morgan fingerprint density at radius 2 is 1.56 bits per heavy atom. The second kappa shape index (κ2) is 10.3. The smallest absolute Gasteiger partial charge is 0.326 e. The van der Waals surface area contributed by atoms with E-state index in [1.54, 1.807) is 0 Å². The molecule has 2 aromatic rings. The van der Waals surface area contributed by atoms with Gasteiger partial charge in [0.25, 0.3) is 0 Å². The van der Waals surface area contributed by atoms with Crippen LogP contribution in [0.5, 0.6) is 0 Å². The number of hydrogen-bond acceptors (Lipinski definition) is 3. The third kappa shape index (κ3) is 7.18. The van der Waals surface area contributed by atoms with E-state index >= 15 is 0 Å². The minimum Gasteiger partial charge on any atom is -0.480 e. The number of aliphatic carboxylic acids is 1. The molecule has 1 atom stereocenters. The minimum atomic E-state index is -1.03. The van der Waals surface area contributed by atoms with Crippen molar-refractivity contribution < 1.29 is 19.4 Å². The topological polar surface area (TPSA) is 75.6 Å². The van der Waals surface area contributed by atoms with Gasteiger partial charge in [-0.1, -0.05) is 60.7 Å². The zero-order valence-corrected chi connectivity index (χ0v) is 14.1. The number of ether oxygens (including phenoxy) is 1. The van der Waals surface area contributed by atoms with Crippen LogP contribution in [0.4, 0.5) is 0 Å². The van der Waals surface area contributed by atoms with Crippen molar-refractivity contribution >= 4 is 11.9 Å². The van der Waals surface area contributed by atoms with Gasteiger partial charge < -0.3 is 15.2 Å². The predicted octanol–water partition coefficient (Wildman–Crippen LogP) is 2.80. The number of hydrogen-bond donors (Lipinski definition) is 2. The first-order valence-electron chi connectivity index (χ1n) is 8.33. The Hall–Kier alpha value is -2.66. The Bertz CT molecular complexity index is 658. The van der Waals surface area contributed by atoms with E-state index in [1.807, 2.05) is 60.7 Å². The van der Waals surface area contributed by atoms with Crippen LogP contribution < -0.4 is 5.32 Å². The third-order valence-corrected chi connectivity index (χ3v) is 3.72. The molecule has 0 fully saturated rings. The fourth-order valence-electron chi connectivity index (χ4n) is 2.42. The molecule has 0 unspecified atom stereocenters. The molecular formula is C20H23NO4. The first-order chi connectivity index (χ1) is 12.1. The summed E-state index contributed by atoms with van der Waals surface area (Å²) in [5.41, 5.74) is 1.96. The van der Waals surface area contributed by atoms with Gasteiger partial charge in [0.05, 0.1) is 6.61 Å². The lowest BCUT2D eigenvalue weighted by Gasteiger charge is -2.14. The number of rotatable bonds is 10. The third-order valence-electron chi connectivity index (χ3n) is 3.72. The first kappa shape index (κ1) is 18.7. The van der Waals surface area contributed by atoms with E-state index in [4.69, 9.17) is 4.74 Å². The normalized spacial score (nSPS) is 11.7. The van der Waals surface area contributed by atoms with Crippen LogP contribution in [0.2, 0.25) is 0 Å². The summed E-state index contributed by atoms with van der Waals surface area (Å²) in [6.45, 7) is 0.965. The molecule has 0 aliphatic carbocycles. The Balaban J connectivity index is 1.67. The quantitative estimate of drug-likeness (QED) is 0.652. The molecule has 0 spiro atoms. The molecule has 0 bridgehead atoms. The zero-order chi connectivity index (χ0) is 17.9. The van der Waals surface area contributed by atoms with Crippen molar-refractivity contribution in [3.8, 4) is 0 Å². The van der Waals surface area contributed by atoms with Gasteiger partial charge in [0, 0.05) is 19.4 Å². The molecule has 1 amide bonds. The van der Waals surface area contributed by atoms with Crippen LogP contribution in [-0.4, -0.2) is 29.6 Å². The van der Waals surface area contributed by atoms with E-state index in [9.17, 15) is 14.7 Å². The number of carboxylic acids is 1. The van der Waals surface area contributed by atoms with Gasteiger partial charge >= 0.3 is 5.97 Å². The van der Waals surface area contributed by atoms with Crippen LogP contribution in [0.15, 0.2) is 60.7 Å². The van der Waals surface area contributed by atoms with E-state index < -0.39 is 12.0 Å². The lowest BCUT2D eigenvalue weighted by Crippen LogP contribution is -2.42. The maximum Gasteiger partial charge on any atom is 0.326 e. The average Bonchev–Trinajstić information content (AvgIpc) is 2.62. The summed E-state index contributed by atoms with van der Waals surface area (Å²) in [6, 6.07) is 18.1. The van der Waals surface area contributed by atoms with Gasteiger partial charge in [0.15, 0.2) is 0 Å². The van der Waals surface area contributed by atoms with Gasteiger partial charge in [-0.2, -0.15) is 0 Å². The van der Waals surface area contributed by atoms with Crippen molar-refractivity contribution in [2.24, 2.45) is 0 Å². The number of carbonyl (C=O) groups is 2. The number of amides is 1. The predicted molar refractivity (Wildman–Crippen MR) is 95.0 cm³/mol. The summed E-state index contributed by atoms with van der Waals surface area (Å²) in [4.78, 5) is 23.3. The highest BCUT2D eigenvalue weighted by Gasteiger charge is 2.19. The molecule has 0 aliphatic heterocycles. The largest absolute Gasteiger partial charge is 0.480 e. The van der Waals surface area contributed by atoms with Crippen LogP contribution in [0, 0.1) is 0 Å². The molecule has 0 saturated heterocycles. The molecule has 2 N–H and O–H groups in total. The van der Waals surface area contributed by atoms with Crippen LogP contribution in [-0.2, 0) is 27.4 Å². The minimum absolute atomic E-state index is 0.243. The highest BCUT2D eigenvalue weighted by atomic mass is 16.5. The molecule has 2 aromatic carbocycles. The maximum atomic E-state index is 12.0. The molecule has 0 radical (unpaired) electrons. The number of carboxylic acid groups (broad SMARTS) is 1. The second-order valence-corrected chi connectivity index (χ2v) is 5.79. The Kier molecular flexibility index (Phi) is 7.66. The SMILES string of the molecule is O=C(CCCOCc1ccccc1)N[C@@H](Cc1ccccc1)C(=O)O.